The summed E-state index contributed by atoms with van der Waals surface area (Å²) >= 11 is 9.10. The molecule has 1 N–H and O–H groups in total. The molecule has 3 rings (SSSR count). The first kappa shape index (κ1) is 15.5. The van der Waals surface area contributed by atoms with Crippen LogP contribution in [-0.2, 0) is 16.8 Å². The van der Waals surface area contributed by atoms with Crippen molar-refractivity contribution in [2.45, 2.75) is 24.8 Å². The van der Waals surface area contributed by atoms with Gasteiger partial charge in [0, 0.05) is 21.6 Å². The van der Waals surface area contributed by atoms with Crippen molar-refractivity contribution in [2.24, 2.45) is 0 Å². The lowest BCUT2D eigenvalue weighted by Crippen LogP contribution is -2.34. The van der Waals surface area contributed by atoms with Gasteiger partial charge < -0.3 is 5.32 Å². The van der Waals surface area contributed by atoms with E-state index in [1.165, 1.54) is 6.07 Å². The molecule has 0 radical (unpaired) electrons. The van der Waals surface area contributed by atoms with Crippen molar-refractivity contribution in [3.8, 4) is 0 Å². The van der Waals surface area contributed by atoms with Crippen LogP contribution in [0.5, 0.6) is 0 Å². The number of nitrogens with one attached hydrogen (secondary N) is 1. The molecule has 0 atom stereocenters. The van der Waals surface area contributed by atoms with Crippen molar-refractivity contribution in [3.05, 3.63) is 68.9 Å². The average Bonchev–Trinajstić information content (AvgIpc) is 3.28. The van der Waals surface area contributed by atoms with Crippen LogP contribution in [0.4, 0.5) is 4.39 Å². The molecule has 1 amide bonds. The Morgan fingerprint density at radius 2 is 1.91 bits per heavy atom. The van der Waals surface area contributed by atoms with E-state index < -0.39 is 5.41 Å². The molecule has 2 aromatic carbocycles. The maximum Gasteiger partial charge on any atom is 0.230 e. The Kier molecular flexibility index (Phi) is 4.24. The Morgan fingerprint density at radius 3 is 2.50 bits per heavy atom. The SMILES string of the molecule is O=C(NCc1ccc(Br)cc1F)C1(c2ccc(Cl)cc2)CC1. The summed E-state index contributed by atoms with van der Waals surface area (Å²) in [6.07, 6.45) is 1.62. The smallest absolute Gasteiger partial charge is 0.230 e. The Labute approximate surface area is 141 Å². The Morgan fingerprint density at radius 1 is 1.23 bits per heavy atom. The fraction of sp³-hybridized carbons (Fsp3) is 0.235. The number of halogens is 3. The molecule has 2 nitrogen and oxygen atoms in total. The van der Waals surface area contributed by atoms with E-state index in [0.717, 1.165) is 18.4 Å². The number of benzene rings is 2. The van der Waals surface area contributed by atoms with E-state index in [-0.39, 0.29) is 18.3 Å². The van der Waals surface area contributed by atoms with E-state index in [9.17, 15) is 9.18 Å². The fourth-order valence-corrected chi connectivity index (χ4v) is 3.01. The van der Waals surface area contributed by atoms with Crippen molar-refractivity contribution in [3.63, 3.8) is 0 Å². The van der Waals surface area contributed by atoms with E-state index in [1.807, 2.05) is 12.1 Å². The van der Waals surface area contributed by atoms with Gasteiger partial charge in [0.25, 0.3) is 0 Å². The lowest BCUT2D eigenvalue weighted by atomic mass is 9.95. The maximum atomic E-state index is 13.8. The highest BCUT2D eigenvalue weighted by atomic mass is 79.9. The third kappa shape index (κ3) is 3.03. The zero-order chi connectivity index (χ0) is 15.7. The van der Waals surface area contributed by atoms with Crippen LogP contribution in [0, 0.1) is 5.82 Å². The van der Waals surface area contributed by atoms with Crippen molar-refractivity contribution in [2.75, 3.05) is 0 Å². The minimum atomic E-state index is -0.476. The largest absolute Gasteiger partial charge is 0.351 e. The summed E-state index contributed by atoms with van der Waals surface area (Å²) in [4.78, 5) is 12.5. The summed E-state index contributed by atoms with van der Waals surface area (Å²) in [5.74, 6) is -0.386. The predicted molar refractivity (Wildman–Crippen MR) is 88.3 cm³/mol. The molecule has 1 fully saturated rings. The van der Waals surface area contributed by atoms with E-state index >= 15 is 0 Å². The van der Waals surface area contributed by atoms with Gasteiger partial charge >= 0.3 is 0 Å². The molecule has 0 saturated heterocycles. The number of amides is 1. The van der Waals surface area contributed by atoms with Crippen LogP contribution in [0.15, 0.2) is 46.9 Å². The van der Waals surface area contributed by atoms with Crippen molar-refractivity contribution < 1.29 is 9.18 Å². The topological polar surface area (TPSA) is 29.1 Å². The molecule has 1 aliphatic rings. The summed E-state index contributed by atoms with van der Waals surface area (Å²) in [6.45, 7) is 0.188. The highest BCUT2D eigenvalue weighted by Gasteiger charge is 2.51. The Bertz CT molecular complexity index is 713. The van der Waals surface area contributed by atoms with Crippen LogP contribution in [0.3, 0.4) is 0 Å². The number of hydrogen-bond donors (Lipinski definition) is 1. The summed E-state index contributed by atoms with van der Waals surface area (Å²) in [5, 5.41) is 3.50. The van der Waals surface area contributed by atoms with E-state index in [2.05, 4.69) is 21.2 Å². The Hall–Kier alpha value is -1.39. The number of carbonyl (C=O) groups excluding carboxylic acids is 1. The third-order valence-electron chi connectivity index (χ3n) is 4.04. The zero-order valence-corrected chi connectivity index (χ0v) is 14.0. The second-order valence-electron chi connectivity index (χ2n) is 5.51. The Balaban J connectivity index is 1.70. The fourth-order valence-electron chi connectivity index (χ4n) is 2.55. The van der Waals surface area contributed by atoms with Crippen molar-refractivity contribution >= 4 is 33.4 Å². The van der Waals surface area contributed by atoms with E-state index in [0.29, 0.717) is 15.1 Å². The molecule has 0 aliphatic heterocycles. The van der Waals surface area contributed by atoms with Gasteiger partial charge in [0.1, 0.15) is 5.82 Å². The average molecular weight is 383 g/mol. The standard InChI is InChI=1S/C17H14BrClFNO/c18-13-4-1-11(15(20)9-13)10-21-16(22)17(7-8-17)12-2-5-14(19)6-3-12/h1-6,9H,7-8,10H2,(H,21,22). The maximum absolute atomic E-state index is 13.8. The van der Waals surface area contributed by atoms with E-state index in [4.69, 9.17) is 11.6 Å². The second kappa shape index (κ2) is 6.01. The molecule has 0 heterocycles. The molecule has 0 unspecified atom stereocenters. The summed E-state index contributed by atoms with van der Waals surface area (Å²) in [5.41, 5.74) is 0.963. The van der Waals surface area contributed by atoms with E-state index in [1.54, 1.807) is 24.3 Å². The molecule has 1 saturated carbocycles. The number of hydrogen-bond acceptors (Lipinski definition) is 1. The second-order valence-corrected chi connectivity index (χ2v) is 6.86. The molecule has 0 aromatic heterocycles. The van der Waals surface area contributed by atoms with Crippen LogP contribution in [0.1, 0.15) is 24.0 Å². The first-order valence-electron chi connectivity index (χ1n) is 6.99. The number of rotatable bonds is 4. The molecule has 5 heteroatoms. The molecule has 0 spiro atoms. The lowest BCUT2D eigenvalue weighted by Gasteiger charge is -2.16. The normalized spacial score (nSPS) is 15.4. The zero-order valence-electron chi connectivity index (χ0n) is 11.7. The summed E-state index contributed by atoms with van der Waals surface area (Å²) in [7, 11) is 0. The third-order valence-corrected chi connectivity index (χ3v) is 4.78. The van der Waals surface area contributed by atoms with Crippen LogP contribution in [-0.4, -0.2) is 5.91 Å². The minimum Gasteiger partial charge on any atom is -0.351 e. The van der Waals surface area contributed by atoms with Gasteiger partial charge in [-0.25, -0.2) is 4.39 Å². The number of carbonyl (C=O) groups is 1. The van der Waals surface area contributed by atoms with Gasteiger partial charge in [0.05, 0.1) is 5.41 Å². The molecule has 1 aliphatic carbocycles. The van der Waals surface area contributed by atoms with Gasteiger partial charge in [-0.1, -0.05) is 45.7 Å². The highest BCUT2D eigenvalue weighted by Crippen LogP contribution is 2.48. The minimum absolute atomic E-state index is 0.0582. The van der Waals surface area contributed by atoms with Crippen LogP contribution < -0.4 is 5.32 Å². The van der Waals surface area contributed by atoms with Gasteiger partial charge in [-0.3, -0.25) is 4.79 Å². The summed E-state index contributed by atoms with van der Waals surface area (Å²) in [6, 6.07) is 12.2. The van der Waals surface area contributed by atoms with Gasteiger partial charge in [0.15, 0.2) is 0 Å². The lowest BCUT2D eigenvalue weighted by molar-refractivity contribution is -0.123. The van der Waals surface area contributed by atoms with Crippen molar-refractivity contribution in [1.82, 2.24) is 5.32 Å². The molecular weight excluding hydrogens is 369 g/mol. The molecule has 22 heavy (non-hydrogen) atoms. The van der Waals surface area contributed by atoms with Crippen LogP contribution >= 0.6 is 27.5 Å². The van der Waals surface area contributed by atoms with Gasteiger partial charge in [-0.15, -0.1) is 0 Å². The van der Waals surface area contributed by atoms with Gasteiger partial charge in [0.2, 0.25) is 5.91 Å². The quantitative estimate of drug-likeness (QED) is 0.823. The first-order valence-corrected chi connectivity index (χ1v) is 8.17. The summed E-state index contributed by atoms with van der Waals surface area (Å²) < 4.78 is 14.5. The highest BCUT2D eigenvalue weighted by molar-refractivity contribution is 9.10. The molecule has 2 aromatic rings. The monoisotopic (exact) mass is 381 g/mol. The first-order chi connectivity index (χ1) is 10.5. The molecule has 0 bridgehead atoms. The predicted octanol–water partition coefficient (Wildman–Crippen LogP) is 4.59. The van der Waals surface area contributed by atoms with Crippen molar-refractivity contribution in [1.29, 1.82) is 0 Å². The van der Waals surface area contributed by atoms with Crippen LogP contribution in [0.2, 0.25) is 5.02 Å². The van der Waals surface area contributed by atoms with Gasteiger partial charge in [-0.05, 0) is 42.7 Å². The van der Waals surface area contributed by atoms with Gasteiger partial charge in [-0.2, -0.15) is 0 Å². The molecule has 114 valence electrons. The molecular formula is C17H14BrClFNO. The van der Waals surface area contributed by atoms with Crippen LogP contribution in [0.25, 0.3) is 0 Å².